The molecule has 1 N–H and O–H groups in total. The van der Waals surface area contributed by atoms with Gasteiger partial charge in [0.15, 0.2) is 6.10 Å². The number of carbonyl (C=O) groups excluding carboxylic acids is 2. The lowest BCUT2D eigenvalue weighted by atomic mass is 10.1. The number of unbranched alkanes of at least 4 members (excludes halogenated alkanes) is 1. The average molecular weight is 287 g/mol. The Kier molecular flexibility index (Phi) is 7.67. The number of rotatable bonds is 8. The normalized spacial score (nSPS) is 11.2. The summed E-state index contributed by atoms with van der Waals surface area (Å²) in [5.41, 5.74) is 1.26. The topological polar surface area (TPSA) is 55.4 Å². The Labute approximate surface area is 125 Å². The molecule has 1 amide bonds. The van der Waals surface area contributed by atoms with E-state index in [9.17, 15) is 9.59 Å². The second-order valence-corrected chi connectivity index (χ2v) is 4.75. The van der Waals surface area contributed by atoms with Gasteiger partial charge in [0.1, 0.15) is 0 Å². The number of amides is 1. The van der Waals surface area contributed by atoms with Crippen LogP contribution in [0.3, 0.4) is 0 Å². The van der Waals surface area contributed by atoms with Crippen LogP contribution in [-0.4, -0.2) is 24.5 Å². The summed E-state index contributed by atoms with van der Waals surface area (Å²) in [6.45, 7) is 1.67. The highest BCUT2D eigenvalue weighted by Gasteiger charge is 2.16. The van der Waals surface area contributed by atoms with Crippen molar-refractivity contribution >= 4 is 11.9 Å². The molecule has 0 aliphatic carbocycles. The molecule has 1 atom stereocenters. The fraction of sp³-hybridized carbons (Fsp3) is 0.412. The molecule has 0 unspecified atom stereocenters. The maximum absolute atomic E-state index is 11.6. The summed E-state index contributed by atoms with van der Waals surface area (Å²) in [6.07, 6.45) is 7.14. The van der Waals surface area contributed by atoms with E-state index < -0.39 is 6.10 Å². The van der Waals surface area contributed by atoms with E-state index in [-0.39, 0.29) is 18.4 Å². The van der Waals surface area contributed by atoms with Gasteiger partial charge in [-0.05, 0) is 31.7 Å². The second-order valence-electron chi connectivity index (χ2n) is 4.75. The molecule has 0 bridgehead atoms. The van der Waals surface area contributed by atoms with Crippen molar-refractivity contribution in [1.29, 1.82) is 0 Å². The smallest absolute Gasteiger partial charge is 0.306 e. The van der Waals surface area contributed by atoms with Crippen molar-refractivity contribution in [3.05, 3.63) is 35.9 Å². The summed E-state index contributed by atoms with van der Waals surface area (Å²) in [5, 5.41) is 2.47. The zero-order valence-electron chi connectivity index (χ0n) is 12.3. The molecule has 0 saturated heterocycles. The molecular formula is C17H21NO3. The van der Waals surface area contributed by atoms with E-state index in [1.165, 1.54) is 12.5 Å². The van der Waals surface area contributed by atoms with E-state index in [2.05, 4.69) is 23.4 Å². The third-order valence-corrected chi connectivity index (χ3v) is 2.98. The fourth-order valence-corrected chi connectivity index (χ4v) is 1.83. The second kappa shape index (κ2) is 9.60. The minimum absolute atomic E-state index is 0.137. The van der Waals surface area contributed by atoms with Gasteiger partial charge in [-0.3, -0.25) is 9.59 Å². The first-order valence-corrected chi connectivity index (χ1v) is 7.08. The first kappa shape index (κ1) is 16.8. The van der Waals surface area contributed by atoms with Crippen molar-refractivity contribution in [3.8, 4) is 12.3 Å². The number of aryl methyl sites for hydroxylation is 1. The Morgan fingerprint density at radius 1 is 1.29 bits per heavy atom. The number of ether oxygens (including phenoxy) is 1. The van der Waals surface area contributed by atoms with Crippen LogP contribution < -0.4 is 5.32 Å². The number of esters is 1. The third-order valence-electron chi connectivity index (χ3n) is 2.98. The monoisotopic (exact) mass is 287 g/mol. The van der Waals surface area contributed by atoms with E-state index in [0.717, 1.165) is 19.3 Å². The summed E-state index contributed by atoms with van der Waals surface area (Å²) in [4.78, 5) is 23.1. The molecular weight excluding hydrogens is 266 g/mol. The molecule has 1 rings (SSSR count). The van der Waals surface area contributed by atoms with Gasteiger partial charge >= 0.3 is 5.97 Å². The average Bonchev–Trinajstić information content (AvgIpc) is 2.50. The number of hydrogen-bond donors (Lipinski definition) is 1. The highest BCUT2D eigenvalue weighted by atomic mass is 16.5. The molecule has 1 aromatic rings. The molecule has 4 nitrogen and oxygen atoms in total. The fourth-order valence-electron chi connectivity index (χ4n) is 1.83. The molecule has 0 aromatic heterocycles. The van der Waals surface area contributed by atoms with Crippen LogP contribution >= 0.6 is 0 Å². The molecule has 0 radical (unpaired) electrons. The number of benzene rings is 1. The van der Waals surface area contributed by atoms with Crippen molar-refractivity contribution in [1.82, 2.24) is 5.32 Å². The lowest BCUT2D eigenvalue weighted by Gasteiger charge is -2.12. The molecule has 0 aliphatic rings. The Balaban J connectivity index is 2.16. The van der Waals surface area contributed by atoms with Crippen LogP contribution in [0.4, 0.5) is 0 Å². The molecule has 0 aliphatic heterocycles. The van der Waals surface area contributed by atoms with Crippen molar-refractivity contribution in [3.63, 3.8) is 0 Å². The quantitative estimate of drug-likeness (QED) is 0.452. The summed E-state index contributed by atoms with van der Waals surface area (Å²) in [6, 6.07) is 10.1. The van der Waals surface area contributed by atoms with Gasteiger partial charge in [0.05, 0.1) is 6.54 Å². The highest BCUT2D eigenvalue weighted by Crippen LogP contribution is 2.07. The van der Waals surface area contributed by atoms with Crippen LogP contribution in [0.2, 0.25) is 0 Å². The Morgan fingerprint density at radius 2 is 2.00 bits per heavy atom. The molecule has 0 fully saturated rings. The van der Waals surface area contributed by atoms with Gasteiger partial charge in [-0.1, -0.05) is 36.3 Å². The van der Waals surface area contributed by atoms with Gasteiger partial charge in [-0.15, -0.1) is 6.42 Å². The van der Waals surface area contributed by atoms with Gasteiger partial charge in [0.25, 0.3) is 5.91 Å². The van der Waals surface area contributed by atoms with Crippen molar-refractivity contribution in [2.24, 2.45) is 0 Å². The van der Waals surface area contributed by atoms with Crippen LogP contribution in [0.1, 0.15) is 31.7 Å². The first-order valence-electron chi connectivity index (χ1n) is 7.08. The standard InChI is InChI=1S/C17H21NO3/c1-3-13-18-17(20)14(2)21-16(19)12-8-7-11-15-9-5-4-6-10-15/h1,4-6,9-10,14H,7-8,11-13H2,2H3,(H,18,20)/t14-/m0/s1. The summed E-state index contributed by atoms with van der Waals surface area (Å²) in [7, 11) is 0. The minimum atomic E-state index is -0.806. The molecule has 0 spiro atoms. The molecule has 21 heavy (non-hydrogen) atoms. The minimum Gasteiger partial charge on any atom is -0.453 e. The predicted octanol–water partition coefficient (Wildman–Crippen LogP) is 2.08. The van der Waals surface area contributed by atoms with Crippen LogP contribution in [0, 0.1) is 12.3 Å². The van der Waals surface area contributed by atoms with Crippen molar-refractivity contribution in [2.45, 2.75) is 38.7 Å². The van der Waals surface area contributed by atoms with Crippen LogP contribution in [0.5, 0.6) is 0 Å². The van der Waals surface area contributed by atoms with E-state index in [1.54, 1.807) is 0 Å². The highest BCUT2D eigenvalue weighted by molar-refractivity contribution is 5.83. The van der Waals surface area contributed by atoms with Gasteiger partial charge in [-0.2, -0.15) is 0 Å². The van der Waals surface area contributed by atoms with Gasteiger partial charge in [0.2, 0.25) is 0 Å². The van der Waals surface area contributed by atoms with Gasteiger partial charge < -0.3 is 10.1 Å². The van der Waals surface area contributed by atoms with E-state index in [1.807, 2.05) is 18.2 Å². The Morgan fingerprint density at radius 3 is 2.67 bits per heavy atom. The van der Waals surface area contributed by atoms with E-state index in [0.29, 0.717) is 6.42 Å². The maximum Gasteiger partial charge on any atom is 0.306 e. The van der Waals surface area contributed by atoms with Crippen molar-refractivity contribution < 1.29 is 14.3 Å². The van der Waals surface area contributed by atoms with E-state index >= 15 is 0 Å². The van der Waals surface area contributed by atoms with Gasteiger partial charge in [-0.25, -0.2) is 0 Å². The number of terminal acetylenes is 1. The van der Waals surface area contributed by atoms with Crippen molar-refractivity contribution in [2.75, 3.05) is 6.54 Å². The molecule has 0 saturated carbocycles. The first-order chi connectivity index (χ1) is 10.1. The Hall–Kier alpha value is -2.28. The van der Waals surface area contributed by atoms with Crippen LogP contribution in [0.15, 0.2) is 30.3 Å². The predicted molar refractivity (Wildman–Crippen MR) is 81.4 cm³/mol. The Bertz CT molecular complexity index is 491. The summed E-state index contributed by atoms with van der Waals surface area (Å²) in [5.74, 6) is 1.57. The SMILES string of the molecule is C#CCNC(=O)[C@H](C)OC(=O)CCCCc1ccccc1. The number of carbonyl (C=O) groups is 2. The molecule has 1 aromatic carbocycles. The largest absolute Gasteiger partial charge is 0.453 e. The summed E-state index contributed by atoms with van der Waals surface area (Å²) < 4.78 is 5.04. The number of hydrogen-bond acceptors (Lipinski definition) is 3. The molecule has 4 heteroatoms. The number of nitrogens with one attached hydrogen (secondary N) is 1. The zero-order chi connectivity index (χ0) is 15.5. The third kappa shape index (κ3) is 7.17. The molecule has 0 heterocycles. The van der Waals surface area contributed by atoms with Crippen LogP contribution in [-0.2, 0) is 20.7 Å². The van der Waals surface area contributed by atoms with E-state index in [4.69, 9.17) is 11.2 Å². The maximum atomic E-state index is 11.6. The summed E-state index contributed by atoms with van der Waals surface area (Å²) >= 11 is 0. The lowest BCUT2D eigenvalue weighted by molar-refractivity contribution is -0.154. The zero-order valence-corrected chi connectivity index (χ0v) is 12.3. The molecule has 112 valence electrons. The lowest BCUT2D eigenvalue weighted by Crippen LogP contribution is -2.35. The van der Waals surface area contributed by atoms with Crippen LogP contribution in [0.25, 0.3) is 0 Å². The van der Waals surface area contributed by atoms with Gasteiger partial charge in [0, 0.05) is 6.42 Å².